The van der Waals surface area contributed by atoms with Gasteiger partial charge in [-0.05, 0) is 41.2 Å². The zero-order chi connectivity index (χ0) is 13.4. The minimum atomic E-state index is 0. The molecule has 0 unspecified atom stereocenters. The molecule has 1 aromatic heterocycles. The summed E-state index contributed by atoms with van der Waals surface area (Å²) in [4.78, 5) is 14.5. The first-order valence-corrected chi connectivity index (χ1v) is 6.96. The molecule has 106 valence electrons. The van der Waals surface area contributed by atoms with Crippen molar-refractivity contribution < 1.29 is 14.1 Å². The number of halogens is 1. The first-order chi connectivity index (χ1) is 9.19. The Morgan fingerprint density at radius 3 is 2.65 bits per heavy atom. The van der Waals surface area contributed by atoms with Crippen molar-refractivity contribution in [2.45, 2.75) is 13.5 Å². The van der Waals surface area contributed by atoms with Gasteiger partial charge in [0.2, 0.25) is 0 Å². The smallest absolute Gasteiger partial charge is 0.344 e. The molecule has 0 N–H and O–H groups in total. The molecule has 4 nitrogen and oxygen atoms in total. The van der Waals surface area contributed by atoms with Gasteiger partial charge in [-0.25, -0.2) is 9.36 Å². The van der Waals surface area contributed by atoms with E-state index in [0.29, 0.717) is 0 Å². The Balaban J connectivity index is 0.00000147. The van der Waals surface area contributed by atoms with Gasteiger partial charge in [-0.15, -0.1) is 17.0 Å². The van der Waals surface area contributed by atoms with Gasteiger partial charge in [0.05, 0.1) is 12.0 Å². The number of methoxy groups -OCH3 is 1. The highest BCUT2D eigenvalue weighted by molar-refractivity contribution is 8.93. The second-order valence-corrected chi connectivity index (χ2v) is 5.48. The predicted molar refractivity (Wildman–Crippen MR) is 84.9 cm³/mol. The van der Waals surface area contributed by atoms with E-state index in [1.165, 1.54) is 4.88 Å². The lowest BCUT2D eigenvalue weighted by Gasteiger charge is -2.02. The third-order valence-electron chi connectivity index (χ3n) is 3.27. The first-order valence-electron chi connectivity index (χ1n) is 6.15. The summed E-state index contributed by atoms with van der Waals surface area (Å²) in [5.41, 5.74) is 1.15. The fourth-order valence-corrected chi connectivity index (χ4v) is 3.46. The van der Waals surface area contributed by atoms with Gasteiger partial charge in [0, 0.05) is 6.92 Å². The maximum Gasteiger partial charge on any atom is 0.344 e. The topological polar surface area (TPSA) is 33.4 Å². The summed E-state index contributed by atoms with van der Waals surface area (Å²) in [6.07, 6.45) is 2.12. The number of benzene rings is 1. The summed E-state index contributed by atoms with van der Waals surface area (Å²) < 4.78 is 7.30. The molecule has 1 aliphatic heterocycles. The number of hydrogen-bond acceptors (Lipinski definition) is 3. The molecule has 0 spiro atoms. The van der Waals surface area contributed by atoms with E-state index in [0.717, 1.165) is 29.5 Å². The van der Waals surface area contributed by atoms with Crippen LogP contribution in [0.25, 0.3) is 10.4 Å². The van der Waals surface area contributed by atoms with Crippen LogP contribution in [0.5, 0.6) is 5.75 Å². The van der Waals surface area contributed by atoms with E-state index in [2.05, 4.69) is 10.8 Å². The molecule has 0 atom stereocenters. The molecule has 2 aromatic rings. The molecule has 20 heavy (non-hydrogen) atoms. The molecule has 0 bridgehead atoms. The van der Waals surface area contributed by atoms with Crippen LogP contribution in [0.15, 0.2) is 30.5 Å². The molecule has 0 aliphatic carbocycles. The van der Waals surface area contributed by atoms with Crippen LogP contribution in [0.3, 0.4) is 0 Å². The molecular formula is C14H16BrN2O2S+. The third-order valence-corrected chi connectivity index (χ3v) is 4.47. The van der Waals surface area contributed by atoms with Crippen molar-refractivity contribution >= 4 is 39.4 Å². The molecule has 2 heterocycles. The predicted octanol–water partition coefficient (Wildman–Crippen LogP) is 2.66. The van der Waals surface area contributed by atoms with Gasteiger partial charge in [-0.1, -0.05) is 0 Å². The fourth-order valence-electron chi connectivity index (χ4n) is 2.23. The van der Waals surface area contributed by atoms with E-state index < -0.39 is 0 Å². The van der Waals surface area contributed by atoms with Crippen molar-refractivity contribution in [1.82, 2.24) is 0 Å². The highest BCUT2D eigenvalue weighted by atomic mass is 79.9. The molecule has 3 rings (SSSR count). The number of hydrogen-bond donors (Lipinski definition) is 0. The minimum Gasteiger partial charge on any atom is -0.497 e. The summed E-state index contributed by atoms with van der Waals surface area (Å²) in [7, 11) is 1.66. The lowest BCUT2D eigenvalue weighted by molar-refractivity contribution is -0.666. The number of fused-ring (bicyclic) bond motifs is 1. The van der Waals surface area contributed by atoms with Crippen LogP contribution in [0.4, 0.5) is 5.13 Å². The zero-order valence-corrected chi connectivity index (χ0v) is 13.9. The second-order valence-electron chi connectivity index (χ2n) is 4.47. The maximum absolute atomic E-state index is 11.5. The minimum absolute atomic E-state index is 0. The largest absolute Gasteiger partial charge is 0.497 e. The zero-order valence-electron chi connectivity index (χ0n) is 11.3. The van der Waals surface area contributed by atoms with Crippen LogP contribution in [0.2, 0.25) is 0 Å². The molecule has 6 heteroatoms. The van der Waals surface area contributed by atoms with Gasteiger partial charge >= 0.3 is 11.0 Å². The first kappa shape index (κ1) is 15.0. The highest BCUT2D eigenvalue weighted by Gasteiger charge is 2.34. The van der Waals surface area contributed by atoms with Crippen LogP contribution in [-0.2, 0) is 11.3 Å². The summed E-state index contributed by atoms with van der Waals surface area (Å²) in [6, 6.07) is 7.98. The van der Waals surface area contributed by atoms with Gasteiger partial charge in [0.25, 0.3) is 0 Å². The molecule has 0 fully saturated rings. The van der Waals surface area contributed by atoms with Crippen molar-refractivity contribution in [3.05, 3.63) is 30.5 Å². The van der Waals surface area contributed by atoms with Crippen molar-refractivity contribution in [3.8, 4) is 16.2 Å². The monoisotopic (exact) mass is 355 g/mol. The highest BCUT2D eigenvalue weighted by Crippen LogP contribution is 2.32. The van der Waals surface area contributed by atoms with E-state index in [9.17, 15) is 4.79 Å². The summed E-state index contributed by atoms with van der Waals surface area (Å²) >= 11 is 1.65. The van der Waals surface area contributed by atoms with Gasteiger partial charge in [0.15, 0.2) is 0 Å². The Morgan fingerprint density at radius 2 is 2.05 bits per heavy atom. The SMILES string of the molecule is Br.COc1ccc(-c2c[n+]3c(s2)N(C(C)=O)CC3)cc1. The van der Waals surface area contributed by atoms with E-state index in [4.69, 9.17) is 4.74 Å². The van der Waals surface area contributed by atoms with Crippen molar-refractivity contribution in [1.29, 1.82) is 0 Å². The molecule has 0 radical (unpaired) electrons. The fraction of sp³-hybridized carbons (Fsp3) is 0.286. The molecule has 0 saturated carbocycles. The number of amides is 1. The van der Waals surface area contributed by atoms with Crippen molar-refractivity contribution in [3.63, 3.8) is 0 Å². The van der Waals surface area contributed by atoms with Gasteiger partial charge in [-0.3, -0.25) is 0 Å². The van der Waals surface area contributed by atoms with Crippen LogP contribution in [-0.4, -0.2) is 19.6 Å². The van der Waals surface area contributed by atoms with E-state index in [-0.39, 0.29) is 22.9 Å². The summed E-state index contributed by atoms with van der Waals surface area (Å²) in [6.45, 7) is 3.27. The van der Waals surface area contributed by atoms with Gasteiger partial charge < -0.3 is 4.74 Å². The Kier molecular flexibility index (Phi) is 4.45. The Hall–Kier alpha value is -1.40. The number of aromatic nitrogens is 1. The van der Waals surface area contributed by atoms with Crippen LogP contribution in [0, 0.1) is 0 Å². The summed E-state index contributed by atoms with van der Waals surface area (Å²) in [5, 5.41) is 1.03. The van der Waals surface area contributed by atoms with E-state index in [1.807, 2.05) is 29.2 Å². The molecule has 1 aromatic carbocycles. The lowest BCUT2D eigenvalue weighted by Crippen LogP contribution is -2.28. The number of ether oxygens (including phenoxy) is 1. The lowest BCUT2D eigenvalue weighted by atomic mass is 10.2. The average Bonchev–Trinajstić information content (AvgIpc) is 2.98. The van der Waals surface area contributed by atoms with Gasteiger partial charge in [-0.2, -0.15) is 4.90 Å². The van der Waals surface area contributed by atoms with E-state index in [1.54, 1.807) is 25.4 Å². The Labute approximate surface area is 132 Å². The standard InChI is InChI=1S/C14H15N2O2S.BrH/c1-10(17)16-8-7-15-9-13(19-14(15)16)11-3-5-12(18-2)6-4-11;/h3-6,9H,7-8H2,1-2H3;1H/q+1;. The van der Waals surface area contributed by atoms with Crippen LogP contribution < -0.4 is 14.2 Å². The number of anilines is 1. The molecule has 0 saturated heterocycles. The normalized spacial score (nSPS) is 12.8. The maximum atomic E-state index is 11.5. The molecule has 1 amide bonds. The number of carbonyl (C=O) groups excluding carboxylic acids is 1. The Morgan fingerprint density at radius 1 is 1.35 bits per heavy atom. The average molecular weight is 356 g/mol. The Bertz CT molecular complexity index is 625. The molecule has 1 aliphatic rings. The van der Waals surface area contributed by atoms with Crippen LogP contribution >= 0.6 is 28.3 Å². The van der Waals surface area contributed by atoms with E-state index >= 15 is 0 Å². The number of carbonyl (C=O) groups is 1. The van der Waals surface area contributed by atoms with Gasteiger partial charge in [0.1, 0.15) is 25.0 Å². The number of thiazole rings is 1. The number of rotatable bonds is 2. The third kappa shape index (κ3) is 2.58. The quantitative estimate of drug-likeness (QED) is 0.776. The number of nitrogens with zero attached hydrogens (tertiary/aromatic N) is 2. The van der Waals surface area contributed by atoms with Crippen molar-refractivity contribution in [2.24, 2.45) is 0 Å². The molecular weight excluding hydrogens is 340 g/mol. The van der Waals surface area contributed by atoms with Crippen LogP contribution in [0.1, 0.15) is 6.92 Å². The summed E-state index contributed by atoms with van der Waals surface area (Å²) in [5.74, 6) is 0.959. The van der Waals surface area contributed by atoms with Crippen molar-refractivity contribution in [2.75, 3.05) is 18.6 Å². The second kappa shape index (κ2) is 5.93.